The van der Waals surface area contributed by atoms with Gasteiger partial charge in [0.1, 0.15) is 18.1 Å². The molecule has 5 N–H and O–H groups in total. The van der Waals surface area contributed by atoms with Crippen molar-refractivity contribution >= 4 is 23.7 Å². The first kappa shape index (κ1) is 26.3. The third kappa shape index (κ3) is 7.02. The fourth-order valence-electron chi connectivity index (χ4n) is 3.86. The van der Waals surface area contributed by atoms with E-state index >= 15 is 0 Å². The predicted octanol–water partition coefficient (Wildman–Crippen LogP) is 0.914. The van der Waals surface area contributed by atoms with Crippen LogP contribution in [0.3, 0.4) is 0 Å². The highest BCUT2D eigenvalue weighted by atomic mass is 16.4. The van der Waals surface area contributed by atoms with Gasteiger partial charge in [-0.25, -0.2) is 4.79 Å². The molecule has 0 spiro atoms. The van der Waals surface area contributed by atoms with Crippen LogP contribution in [0.4, 0.5) is 0 Å². The minimum Gasteiger partial charge on any atom is -0.480 e. The van der Waals surface area contributed by atoms with E-state index in [0.717, 1.165) is 5.56 Å². The third-order valence-electron chi connectivity index (χ3n) is 5.99. The number of nitrogens with one attached hydrogen (secondary N) is 2. The number of amides is 3. The van der Waals surface area contributed by atoms with Crippen molar-refractivity contribution in [3.63, 3.8) is 0 Å². The number of hydrogen-bond donors (Lipinski definition) is 4. The van der Waals surface area contributed by atoms with Gasteiger partial charge in [0.2, 0.25) is 17.7 Å². The van der Waals surface area contributed by atoms with Crippen molar-refractivity contribution in [2.24, 2.45) is 17.6 Å². The molecule has 2 rings (SSSR count). The summed E-state index contributed by atoms with van der Waals surface area (Å²) >= 11 is 0. The van der Waals surface area contributed by atoms with Gasteiger partial charge >= 0.3 is 5.97 Å². The number of carboxylic acid groups (broad SMARTS) is 1. The first-order valence-corrected chi connectivity index (χ1v) is 11.5. The van der Waals surface area contributed by atoms with Gasteiger partial charge in [-0.2, -0.15) is 0 Å². The van der Waals surface area contributed by atoms with Crippen LogP contribution in [0, 0.1) is 11.8 Å². The van der Waals surface area contributed by atoms with Gasteiger partial charge in [0.05, 0.1) is 6.04 Å². The van der Waals surface area contributed by atoms with Crippen molar-refractivity contribution in [1.29, 1.82) is 0 Å². The summed E-state index contributed by atoms with van der Waals surface area (Å²) in [6, 6.07) is 5.72. The zero-order chi connectivity index (χ0) is 24.7. The Kier molecular flexibility index (Phi) is 9.40. The fraction of sp³-hybridized carbons (Fsp3) is 0.583. The molecule has 4 atom stereocenters. The molecule has 1 fully saturated rings. The monoisotopic (exact) mass is 460 g/mol. The molecule has 9 nitrogen and oxygen atoms in total. The van der Waals surface area contributed by atoms with Gasteiger partial charge in [0.25, 0.3) is 0 Å². The van der Waals surface area contributed by atoms with E-state index in [1.165, 1.54) is 4.90 Å². The molecule has 0 radical (unpaired) electrons. The summed E-state index contributed by atoms with van der Waals surface area (Å²) in [6.07, 6.45) is 1.21. The number of nitrogens with zero attached hydrogens (tertiary/aromatic N) is 1. The first-order chi connectivity index (χ1) is 15.5. The van der Waals surface area contributed by atoms with E-state index in [4.69, 9.17) is 5.73 Å². The highest BCUT2D eigenvalue weighted by Gasteiger charge is 2.39. The maximum atomic E-state index is 13.3. The van der Waals surface area contributed by atoms with Crippen molar-refractivity contribution in [2.45, 2.75) is 71.1 Å². The van der Waals surface area contributed by atoms with E-state index in [-0.39, 0.29) is 18.3 Å². The van der Waals surface area contributed by atoms with Crippen LogP contribution >= 0.6 is 0 Å². The second kappa shape index (κ2) is 11.8. The van der Waals surface area contributed by atoms with E-state index in [1.807, 2.05) is 44.2 Å². The number of rotatable bonds is 10. The second-order valence-electron chi connectivity index (χ2n) is 9.28. The minimum atomic E-state index is -1.05. The molecule has 182 valence electrons. The predicted molar refractivity (Wildman–Crippen MR) is 124 cm³/mol. The van der Waals surface area contributed by atoms with Gasteiger partial charge in [-0.3, -0.25) is 14.4 Å². The van der Waals surface area contributed by atoms with Gasteiger partial charge in [-0.1, -0.05) is 58.0 Å². The van der Waals surface area contributed by atoms with Gasteiger partial charge < -0.3 is 26.4 Å². The van der Waals surface area contributed by atoms with Crippen molar-refractivity contribution in [1.82, 2.24) is 15.5 Å². The van der Waals surface area contributed by atoms with Gasteiger partial charge in [-0.15, -0.1) is 0 Å². The molecule has 9 heteroatoms. The summed E-state index contributed by atoms with van der Waals surface area (Å²) in [6.45, 7) is 7.54. The lowest BCUT2D eigenvalue weighted by molar-refractivity contribution is -0.150. The van der Waals surface area contributed by atoms with Crippen LogP contribution < -0.4 is 16.4 Å². The molecule has 0 saturated carbocycles. The average Bonchev–Trinajstić information content (AvgIpc) is 3.26. The largest absolute Gasteiger partial charge is 0.480 e. The molecule has 0 aromatic heterocycles. The maximum Gasteiger partial charge on any atom is 0.326 e. The van der Waals surface area contributed by atoms with E-state index in [9.17, 15) is 24.3 Å². The van der Waals surface area contributed by atoms with E-state index < -0.39 is 47.9 Å². The number of nitrogens with two attached hydrogens (primary N) is 1. The number of carboxylic acids is 1. The minimum absolute atomic E-state index is 0.112. The Morgan fingerprint density at radius 1 is 1.03 bits per heavy atom. The summed E-state index contributed by atoms with van der Waals surface area (Å²) in [5.74, 6) is -2.82. The topological polar surface area (TPSA) is 142 Å². The van der Waals surface area contributed by atoms with Crippen LogP contribution in [0.1, 0.15) is 46.1 Å². The Balaban J connectivity index is 2.22. The average molecular weight is 461 g/mol. The molecular formula is C24H36N4O5. The van der Waals surface area contributed by atoms with Crippen molar-refractivity contribution in [3.8, 4) is 0 Å². The normalized spacial score (nSPS) is 18.6. The number of benzene rings is 1. The van der Waals surface area contributed by atoms with Crippen LogP contribution in [0.5, 0.6) is 0 Å². The molecule has 1 heterocycles. The zero-order valence-electron chi connectivity index (χ0n) is 19.8. The van der Waals surface area contributed by atoms with E-state index in [1.54, 1.807) is 13.8 Å². The lowest BCUT2D eigenvalue weighted by Gasteiger charge is -2.31. The Morgan fingerprint density at radius 2 is 1.67 bits per heavy atom. The molecule has 1 saturated heterocycles. The number of carbonyl (C=O) groups is 4. The molecule has 3 amide bonds. The Bertz CT molecular complexity index is 843. The number of carbonyl (C=O) groups excluding carboxylic acids is 3. The molecule has 0 aliphatic carbocycles. The maximum absolute atomic E-state index is 13.3. The lowest BCUT2D eigenvalue weighted by Crippen LogP contribution is -2.59. The van der Waals surface area contributed by atoms with Gasteiger partial charge in [0.15, 0.2) is 0 Å². The van der Waals surface area contributed by atoms with Gasteiger partial charge in [-0.05, 0) is 30.2 Å². The number of aliphatic carboxylic acids is 1. The molecule has 1 aromatic rings. The Hall–Kier alpha value is -2.94. The third-order valence-corrected chi connectivity index (χ3v) is 5.99. The van der Waals surface area contributed by atoms with Crippen LogP contribution in [0.2, 0.25) is 0 Å². The van der Waals surface area contributed by atoms with E-state index in [2.05, 4.69) is 10.6 Å². The van der Waals surface area contributed by atoms with Gasteiger partial charge in [0, 0.05) is 13.0 Å². The van der Waals surface area contributed by atoms with E-state index in [0.29, 0.717) is 19.4 Å². The lowest BCUT2D eigenvalue weighted by atomic mass is 9.99. The molecule has 1 aliphatic heterocycles. The standard InChI is InChI=1S/C24H36N4O5/c1-14(2)19(25)22(30)26-17(13-16-9-6-5-7-10-16)21(29)27-20(15(3)4)23(31)28-12-8-11-18(28)24(32)33/h5-7,9-10,14-15,17-20H,8,11-13,25H2,1-4H3,(H,26,30)(H,27,29)(H,32,33). The first-order valence-electron chi connectivity index (χ1n) is 11.5. The van der Waals surface area contributed by atoms with Crippen molar-refractivity contribution in [2.75, 3.05) is 6.54 Å². The summed E-state index contributed by atoms with van der Waals surface area (Å²) in [5, 5.41) is 14.9. The highest BCUT2D eigenvalue weighted by Crippen LogP contribution is 2.20. The number of likely N-dealkylation sites (tertiary alicyclic amines) is 1. The molecular weight excluding hydrogens is 424 g/mol. The molecule has 1 aliphatic rings. The number of hydrogen-bond acceptors (Lipinski definition) is 5. The summed E-state index contributed by atoms with van der Waals surface area (Å²) < 4.78 is 0. The molecule has 1 aromatic carbocycles. The zero-order valence-corrected chi connectivity index (χ0v) is 19.8. The van der Waals surface area contributed by atoms with Crippen molar-refractivity contribution in [3.05, 3.63) is 35.9 Å². The van der Waals surface area contributed by atoms with Crippen LogP contribution in [-0.4, -0.2) is 64.4 Å². The fourth-order valence-corrected chi connectivity index (χ4v) is 3.86. The summed E-state index contributed by atoms with van der Waals surface area (Å²) in [7, 11) is 0. The second-order valence-corrected chi connectivity index (χ2v) is 9.28. The Labute approximate surface area is 195 Å². The SMILES string of the molecule is CC(C)C(N)C(=O)NC(Cc1ccccc1)C(=O)NC(C(=O)N1CCCC1C(=O)O)C(C)C. The Morgan fingerprint density at radius 3 is 2.21 bits per heavy atom. The molecule has 0 bridgehead atoms. The summed E-state index contributed by atoms with van der Waals surface area (Å²) in [5.41, 5.74) is 6.81. The molecule has 4 unspecified atom stereocenters. The van der Waals surface area contributed by atoms with Crippen LogP contribution in [0.25, 0.3) is 0 Å². The summed E-state index contributed by atoms with van der Waals surface area (Å²) in [4.78, 5) is 51.9. The van der Waals surface area contributed by atoms with Crippen LogP contribution in [0.15, 0.2) is 30.3 Å². The van der Waals surface area contributed by atoms with Crippen LogP contribution in [-0.2, 0) is 25.6 Å². The quantitative estimate of drug-likeness (QED) is 0.409. The smallest absolute Gasteiger partial charge is 0.326 e. The highest BCUT2D eigenvalue weighted by molar-refractivity contribution is 5.94. The molecule has 33 heavy (non-hydrogen) atoms. The van der Waals surface area contributed by atoms with Crippen molar-refractivity contribution < 1.29 is 24.3 Å².